The molecule has 1 aliphatic rings. The molecule has 3 heteroatoms. The maximum atomic E-state index is 5.79. The van der Waals surface area contributed by atoms with Gasteiger partial charge in [-0.05, 0) is 37.2 Å². The van der Waals surface area contributed by atoms with Gasteiger partial charge in [0.2, 0.25) is 0 Å². The van der Waals surface area contributed by atoms with Crippen molar-refractivity contribution in [3.63, 3.8) is 0 Å². The number of rotatable bonds is 5. The van der Waals surface area contributed by atoms with E-state index in [0.717, 1.165) is 38.5 Å². The van der Waals surface area contributed by atoms with Crippen molar-refractivity contribution in [1.82, 2.24) is 4.90 Å². The molecule has 0 radical (unpaired) electrons. The summed E-state index contributed by atoms with van der Waals surface area (Å²) >= 11 is 0. The third-order valence-electron chi connectivity index (χ3n) is 3.94. The van der Waals surface area contributed by atoms with E-state index in [-0.39, 0.29) is 0 Å². The van der Waals surface area contributed by atoms with Crippen molar-refractivity contribution in [3.8, 4) is 5.75 Å². The summed E-state index contributed by atoms with van der Waals surface area (Å²) in [6.45, 7) is 9.75. The zero-order valence-electron chi connectivity index (χ0n) is 12.4. The number of ether oxygens (including phenoxy) is 1. The standard InChI is InChI=1S/C16H26N2O/c1-4-14(2)13-19-16-7-5-15(6-8-16)18-11-9-17(3)10-12-18/h5-8,14H,4,9-13H2,1-3H3. The molecule has 2 rings (SSSR count). The van der Waals surface area contributed by atoms with Crippen molar-refractivity contribution in [3.05, 3.63) is 24.3 Å². The minimum Gasteiger partial charge on any atom is -0.493 e. The number of likely N-dealkylation sites (N-methyl/N-ethyl adjacent to an activating group) is 1. The van der Waals surface area contributed by atoms with Crippen LogP contribution in [-0.4, -0.2) is 44.7 Å². The van der Waals surface area contributed by atoms with Crippen molar-refractivity contribution in [2.45, 2.75) is 20.3 Å². The molecule has 3 nitrogen and oxygen atoms in total. The molecule has 0 bridgehead atoms. The molecule has 1 heterocycles. The molecule has 1 fully saturated rings. The number of hydrogen-bond donors (Lipinski definition) is 0. The molecule has 0 amide bonds. The predicted octanol–water partition coefficient (Wildman–Crippen LogP) is 2.86. The molecular formula is C16H26N2O. The molecular weight excluding hydrogens is 236 g/mol. The fourth-order valence-corrected chi connectivity index (χ4v) is 2.17. The maximum Gasteiger partial charge on any atom is 0.119 e. The Bertz CT molecular complexity index is 369. The van der Waals surface area contributed by atoms with Gasteiger partial charge in [0.25, 0.3) is 0 Å². The van der Waals surface area contributed by atoms with Crippen LogP contribution in [0, 0.1) is 5.92 Å². The van der Waals surface area contributed by atoms with Crippen LogP contribution in [-0.2, 0) is 0 Å². The number of piperazine rings is 1. The first-order valence-corrected chi connectivity index (χ1v) is 7.35. The Balaban J connectivity index is 1.87. The average molecular weight is 262 g/mol. The van der Waals surface area contributed by atoms with Crippen LogP contribution in [0.2, 0.25) is 0 Å². The van der Waals surface area contributed by atoms with E-state index in [1.807, 2.05) is 0 Å². The van der Waals surface area contributed by atoms with E-state index in [9.17, 15) is 0 Å². The average Bonchev–Trinajstić information content (AvgIpc) is 2.46. The van der Waals surface area contributed by atoms with Crippen LogP contribution >= 0.6 is 0 Å². The first-order chi connectivity index (χ1) is 9.19. The smallest absolute Gasteiger partial charge is 0.119 e. The van der Waals surface area contributed by atoms with Gasteiger partial charge in [0, 0.05) is 31.9 Å². The lowest BCUT2D eigenvalue weighted by Gasteiger charge is -2.34. The van der Waals surface area contributed by atoms with Gasteiger partial charge in [-0.25, -0.2) is 0 Å². The van der Waals surface area contributed by atoms with Crippen molar-refractivity contribution in [1.29, 1.82) is 0 Å². The summed E-state index contributed by atoms with van der Waals surface area (Å²) in [5.41, 5.74) is 1.31. The lowest BCUT2D eigenvalue weighted by molar-refractivity contribution is 0.256. The first kappa shape index (κ1) is 14.2. The Morgan fingerprint density at radius 2 is 1.74 bits per heavy atom. The minimum atomic E-state index is 0.623. The molecule has 1 aromatic carbocycles. The lowest BCUT2D eigenvalue weighted by Crippen LogP contribution is -2.44. The summed E-state index contributed by atoms with van der Waals surface area (Å²) in [5, 5.41) is 0. The summed E-state index contributed by atoms with van der Waals surface area (Å²) in [6.07, 6.45) is 1.17. The van der Waals surface area contributed by atoms with E-state index in [1.165, 1.54) is 12.1 Å². The van der Waals surface area contributed by atoms with Crippen LogP contribution in [0.5, 0.6) is 5.75 Å². The third kappa shape index (κ3) is 4.13. The third-order valence-corrected chi connectivity index (χ3v) is 3.94. The van der Waals surface area contributed by atoms with E-state index in [1.54, 1.807) is 0 Å². The Morgan fingerprint density at radius 1 is 1.11 bits per heavy atom. The van der Waals surface area contributed by atoms with Crippen molar-refractivity contribution < 1.29 is 4.74 Å². The highest BCUT2D eigenvalue weighted by molar-refractivity contribution is 5.49. The Morgan fingerprint density at radius 3 is 2.32 bits per heavy atom. The van der Waals surface area contributed by atoms with E-state index < -0.39 is 0 Å². The fourth-order valence-electron chi connectivity index (χ4n) is 2.17. The van der Waals surface area contributed by atoms with Crippen LogP contribution in [0.4, 0.5) is 5.69 Å². The van der Waals surface area contributed by atoms with Gasteiger partial charge >= 0.3 is 0 Å². The van der Waals surface area contributed by atoms with Gasteiger partial charge in [-0.3, -0.25) is 0 Å². The molecule has 0 spiro atoms. The molecule has 19 heavy (non-hydrogen) atoms. The molecule has 1 atom stereocenters. The van der Waals surface area contributed by atoms with E-state index >= 15 is 0 Å². The van der Waals surface area contributed by atoms with Gasteiger partial charge in [0.15, 0.2) is 0 Å². The van der Waals surface area contributed by atoms with Crippen LogP contribution in [0.25, 0.3) is 0 Å². The second kappa shape index (κ2) is 6.80. The molecule has 106 valence electrons. The highest BCUT2D eigenvalue weighted by atomic mass is 16.5. The van der Waals surface area contributed by atoms with Gasteiger partial charge in [0.1, 0.15) is 5.75 Å². The highest BCUT2D eigenvalue weighted by Crippen LogP contribution is 2.21. The van der Waals surface area contributed by atoms with Gasteiger partial charge in [-0.2, -0.15) is 0 Å². The molecule has 0 saturated carbocycles. The molecule has 1 aromatic rings. The molecule has 0 N–H and O–H groups in total. The highest BCUT2D eigenvalue weighted by Gasteiger charge is 2.14. The lowest BCUT2D eigenvalue weighted by atomic mass is 10.1. The fraction of sp³-hybridized carbons (Fsp3) is 0.625. The SMILES string of the molecule is CCC(C)COc1ccc(N2CCN(C)CC2)cc1. The van der Waals surface area contributed by atoms with Crippen LogP contribution in [0.1, 0.15) is 20.3 Å². The topological polar surface area (TPSA) is 15.7 Å². The first-order valence-electron chi connectivity index (χ1n) is 7.35. The van der Waals surface area contributed by atoms with Crippen molar-refractivity contribution in [2.24, 2.45) is 5.92 Å². The summed E-state index contributed by atoms with van der Waals surface area (Å²) in [5.74, 6) is 1.61. The predicted molar refractivity (Wildman–Crippen MR) is 81.1 cm³/mol. The Kier molecular flexibility index (Phi) is 5.08. The van der Waals surface area contributed by atoms with Gasteiger partial charge in [-0.15, -0.1) is 0 Å². The molecule has 1 saturated heterocycles. The van der Waals surface area contributed by atoms with Gasteiger partial charge in [-0.1, -0.05) is 20.3 Å². The number of nitrogens with zero attached hydrogens (tertiary/aromatic N) is 2. The van der Waals surface area contributed by atoms with E-state index in [0.29, 0.717) is 5.92 Å². The van der Waals surface area contributed by atoms with Crippen LogP contribution in [0.15, 0.2) is 24.3 Å². The van der Waals surface area contributed by atoms with Crippen molar-refractivity contribution >= 4 is 5.69 Å². The van der Waals surface area contributed by atoms with E-state index in [4.69, 9.17) is 4.74 Å². The minimum absolute atomic E-state index is 0.623. The second-order valence-corrected chi connectivity index (χ2v) is 5.61. The summed E-state index contributed by atoms with van der Waals surface area (Å²) < 4.78 is 5.79. The number of anilines is 1. The normalized spacial score (nSPS) is 18.4. The molecule has 1 aliphatic heterocycles. The monoisotopic (exact) mass is 262 g/mol. The second-order valence-electron chi connectivity index (χ2n) is 5.61. The Hall–Kier alpha value is -1.22. The van der Waals surface area contributed by atoms with Gasteiger partial charge in [0.05, 0.1) is 6.61 Å². The zero-order valence-corrected chi connectivity index (χ0v) is 12.4. The molecule has 1 unspecified atom stereocenters. The van der Waals surface area contributed by atoms with Crippen molar-refractivity contribution in [2.75, 3.05) is 44.7 Å². The summed E-state index contributed by atoms with van der Waals surface area (Å²) in [6, 6.07) is 8.54. The zero-order chi connectivity index (χ0) is 13.7. The summed E-state index contributed by atoms with van der Waals surface area (Å²) in [4.78, 5) is 4.82. The maximum absolute atomic E-state index is 5.79. The number of benzene rings is 1. The summed E-state index contributed by atoms with van der Waals surface area (Å²) in [7, 11) is 2.18. The Labute approximate surface area is 117 Å². The van der Waals surface area contributed by atoms with E-state index in [2.05, 4.69) is 55.0 Å². The van der Waals surface area contributed by atoms with Gasteiger partial charge < -0.3 is 14.5 Å². The van der Waals surface area contributed by atoms with Crippen LogP contribution < -0.4 is 9.64 Å². The number of hydrogen-bond acceptors (Lipinski definition) is 3. The van der Waals surface area contributed by atoms with Crippen LogP contribution in [0.3, 0.4) is 0 Å². The molecule has 0 aliphatic carbocycles. The largest absolute Gasteiger partial charge is 0.493 e. The molecule has 0 aromatic heterocycles. The quantitative estimate of drug-likeness (QED) is 0.811.